The summed E-state index contributed by atoms with van der Waals surface area (Å²) in [5, 5.41) is 13.9. The van der Waals surface area contributed by atoms with Crippen molar-refractivity contribution in [2.45, 2.75) is 49.1 Å². The smallest absolute Gasteiger partial charge is 0.272 e. The Morgan fingerprint density at radius 1 is 1.00 bits per heavy atom. The summed E-state index contributed by atoms with van der Waals surface area (Å²) in [5.41, 5.74) is 2.52. The van der Waals surface area contributed by atoms with E-state index >= 15 is 0 Å². The highest BCUT2D eigenvalue weighted by Crippen LogP contribution is 2.35. The normalized spacial score (nSPS) is 18.7. The molecule has 0 unspecified atom stereocenters. The lowest BCUT2D eigenvalue weighted by Crippen LogP contribution is -2.44. The monoisotopic (exact) mass is 531 g/mol. The molecule has 2 aromatic heterocycles. The van der Waals surface area contributed by atoms with Crippen molar-refractivity contribution in [2.75, 3.05) is 5.75 Å². The van der Waals surface area contributed by atoms with Crippen LogP contribution in [-0.2, 0) is 6.42 Å². The Balaban J connectivity index is 1.07. The highest BCUT2D eigenvalue weighted by Gasteiger charge is 2.27. The van der Waals surface area contributed by atoms with Gasteiger partial charge in [0.1, 0.15) is 17.1 Å². The molecule has 1 aliphatic carbocycles. The number of pyridine rings is 1. The third-order valence-electron chi connectivity index (χ3n) is 7.03. The number of para-hydroxylation sites is 1. The first-order chi connectivity index (χ1) is 18.5. The second-order valence-corrected chi connectivity index (χ2v) is 10.7. The van der Waals surface area contributed by atoms with Crippen molar-refractivity contribution in [2.24, 2.45) is 0 Å². The molecule has 3 N–H and O–H groups in total. The molecular formula is C28H26FN5O3S. The largest absolute Gasteiger partial charge is 0.438 e. The van der Waals surface area contributed by atoms with E-state index in [1.165, 1.54) is 5.56 Å². The third-order valence-corrected chi connectivity index (χ3v) is 8.13. The van der Waals surface area contributed by atoms with E-state index in [1.807, 2.05) is 42.5 Å². The van der Waals surface area contributed by atoms with Gasteiger partial charge in [0.25, 0.3) is 11.8 Å². The first-order valence-corrected chi connectivity index (χ1v) is 13.7. The molecule has 1 fully saturated rings. The van der Waals surface area contributed by atoms with Gasteiger partial charge in [-0.3, -0.25) is 14.7 Å². The van der Waals surface area contributed by atoms with E-state index in [9.17, 15) is 14.0 Å². The maximum atomic E-state index is 14.0. The molecule has 2 aliphatic rings. The van der Waals surface area contributed by atoms with Gasteiger partial charge in [0.05, 0.1) is 11.7 Å². The summed E-state index contributed by atoms with van der Waals surface area (Å²) >= 11 is 1.76. The minimum absolute atomic E-state index is 0.0153. The minimum atomic E-state index is -0.607. The molecule has 0 saturated heterocycles. The Hall–Kier alpha value is -3.92. The van der Waals surface area contributed by atoms with Gasteiger partial charge in [-0.2, -0.15) is 5.10 Å². The van der Waals surface area contributed by atoms with Gasteiger partial charge in [-0.05, 0) is 61.9 Å². The van der Waals surface area contributed by atoms with Crippen LogP contribution in [0.5, 0.6) is 11.6 Å². The number of carbonyl (C=O) groups is 2. The molecule has 10 heteroatoms. The first kappa shape index (κ1) is 24.4. The second kappa shape index (κ2) is 10.4. The summed E-state index contributed by atoms with van der Waals surface area (Å²) < 4.78 is 20.0. The summed E-state index contributed by atoms with van der Waals surface area (Å²) in [5.74, 6) is 0.411. The number of hydrogen-bond acceptors (Lipinski definition) is 6. The number of amides is 2. The van der Waals surface area contributed by atoms with Crippen LogP contribution in [0.15, 0.2) is 59.6 Å². The Morgan fingerprint density at radius 2 is 1.76 bits per heavy atom. The zero-order chi connectivity index (χ0) is 26.1. The number of hydrogen-bond donors (Lipinski definition) is 3. The van der Waals surface area contributed by atoms with Crippen LogP contribution in [0, 0.1) is 5.82 Å². The van der Waals surface area contributed by atoms with E-state index in [0.29, 0.717) is 37.1 Å². The van der Waals surface area contributed by atoms with Gasteiger partial charge in [-0.25, -0.2) is 9.37 Å². The number of nitrogens with one attached hydrogen (secondary N) is 3. The van der Waals surface area contributed by atoms with Crippen molar-refractivity contribution in [1.29, 1.82) is 0 Å². The van der Waals surface area contributed by atoms with E-state index < -0.39 is 11.7 Å². The molecule has 38 heavy (non-hydrogen) atoms. The predicted molar refractivity (Wildman–Crippen MR) is 142 cm³/mol. The number of aryl methyl sites for hydroxylation is 1. The topological polar surface area (TPSA) is 109 Å². The number of ether oxygens (including phenoxy) is 1. The fourth-order valence-electron chi connectivity index (χ4n) is 5.03. The number of nitrogens with zero attached hydrogens (tertiary/aromatic N) is 2. The van der Waals surface area contributed by atoms with Gasteiger partial charge in [0.15, 0.2) is 5.69 Å². The van der Waals surface area contributed by atoms with E-state index in [1.54, 1.807) is 11.8 Å². The highest BCUT2D eigenvalue weighted by molar-refractivity contribution is 7.99. The van der Waals surface area contributed by atoms with Gasteiger partial charge in [-0.1, -0.05) is 24.3 Å². The standard InChI is InChI=1S/C28H26FN5O3S/c29-17-13-22(28(30-15-17)37-20-10-5-16-11-12-38-24(16)14-20)26(35)31-18-6-8-19(9-7-18)32-27(36)25-21-3-1-2-4-23(21)33-34-25/h1-5,10,13-15,18-19H,6-9,11-12H2,(H,31,35)(H,32,36)(H,33,34). The Kier molecular flexibility index (Phi) is 6.71. The minimum Gasteiger partial charge on any atom is -0.438 e. The number of fused-ring (bicyclic) bond motifs is 2. The molecule has 0 radical (unpaired) electrons. The van der Waals surface area contributed by atoms with Gasteiger partial charge in [0.2, 0.25) is 5.88 Å². The number of halogens is 1. The lowest BCUT2D eigenvalue weighted by atomic mass is 9.91. The molecule has 0 bridgehead atoms. The summed E-state index contributed by atoms with van der Waals surface area (Å²) in [6.07, 6.45) is 4.84. The molecule has 1 aliphatic heterocycles. The quantitative estimate of drug-likeness (QED) is 0.323. The number of carbonyl (C=O) groups excluding carboxylic acids is 2. The molecule has 2 amide bonds. The molecule has 194 valence electrons. The maximum Gasteiger partial charge on any atom is 0.272 e. The molecule has 6 rings (SSSR count). The van der Waals surface area contributed by atoms with E-state index in [2.05, 4.69) is 25.8 Å². The first-order valence-electron chi connectivity index (χ1n) is 12.7. The van der Waals surface area contributed by atoms with Crippen LogP contribution < -0.4 is 15.4 Å². The van der Waals surface area contributed by atoms with E-state index in [4.69, 9.17) is 4.74 Å². The van der Waals surface area contributed by atoms with Gasteiger partial charge >= 0.3 is 0 Å². The van der Waals surface area contributed by atoms with Crippen molar-refractivity contribution in [1.82, 2.24) is 25.8 Å². The lowest BCUT2D eigenvalue weighted by Gasteiger charge is -2.29. The predicted octanol–water partition coefficient (Wildman–Crippen LogP) is 5.01. The van der Waals surface area contributed by atoms with Crippen molar-refractivity contribution >= 4 is 34.5 Å². The molecule has 2 aromatic carbocycles. The van der Waals surface area contributed by atoms with Crippen LogP contribution in [-0.4, -0.2) is 44.8 Å². The average Bonchev–Trinajstić information content (AvgIpc) is 3.57. The number of rotatable bonds is 6. The zero-order valence-corrected chi connectivity index (χ0v) is 21.3. The Bertz CT molecular complexity index is 1520. The molecule has 1 saturated carbocycles. The summed E-state index contributed by atoms with van der Waals surface area (Å²) in [4.78, 5) is 31.1. The molecule has 8 nitrogen and oxygen atoms in total. The van der Waals surface area contributed by atoms with Gasteiger partial charge in [0, 0.05) is 28.1 Å². The SMILES string of the molecule is O=C(NC1CCC(NC(=O)c2n[nH]c3ccccc23)CC1)c1cc(F)cnc1Oc1ccc2c(c1)SCC2. The van der Waals surface area contributed by atoms with Crippen LogP contribution in [0.25, 0.3) is 10.9 Å². The maximum absolute atomic E-state index is 14.0. The summed E-state index contributed by atoms with van der Waals surface area (Å²) in [6, 6.07) is 14.3. The summed E-state index contributed by atoms with van der Waals surface area (Å²) in [6.45, 7) is 0. The number of aromatic amines is 1. The fraction of sp³-hybridized carbons (Fsp3) is 0.286. The Morgan fingerprint density at radius 3 is 2.58 bits per heavy atom. The fourth-order valence-corrected chi connectivity index (χ4v) is 6.12. The van der Waals surface area contributed by atoms with Gasteiger partial charge in [-0.15, -0.1) is 11.8 Å². The number of thioether (sulfide) groups is 1. The second-order valence-electron chi connectivity index (χ2n) is 9.59. The van der Waals surface area contributed by atoms with E-state index in [-0.39, 0.29) is 29.4 Å². The van der Waals surface area contributed by atoms with Crippen LogP contribution in [0.1, 0.15) is 52.1 Å². The van der Waals surface area contributed by atoms with Crippen LogP contribution in [0.3, 0.4) is 0 Å². The van der Waals surface area contributed by atoms with Gasteiger partial charge < -0.3 is 15.4 Å². The Labute approximate surface area is 222 Å². The molecular weight excluding hydrogens is 505 g/mol. The molecule has 3 heterocycles. The van der Waals surface area contributed by atoms with Crippen LogP contribution in [0.2, 0.25) is 0 Å². The summed E-state index contributed by atoms with van der Waals surface area (Å²) in [7, 11) is 0. The molecule has 4 aromatic rings. The number of benzene rings is 2. The highest BCUT2D eigenvalue weighted by atomic mass is 32.2. The van der Waals surface area contributed by atoms with Crippen LogP contribution in [0.4, 0.5) is 4.39 Å². The van der Waals surface area contributed by atoms with Crippen molar-refractivity contribution in [3.63, 3.8) is 0 Å². The number of aromatic nitrogens is 3. The van der Waals surface area contributed by atoms with Crippen molar-refractivity contribution in [3.8, 4) is 11.6 Å². The average molecular weight is 532 g/mol. The van der Waals surface area contributed by atoms with E-state index in [0.717, 1.165) is 40.2 Å². The van der Waals surface area contributed by atoms with Crippen LogP contribution >= 0.6 is 11.8 Å². The third kappa shape index (κ3) is 5.08. The number of H-pyrrole nitrogens is 1. The molecule has 0 atom stereocenters. The van der Waals surface area contributed by atoms with Crippen molar-refractivity contribution in [3.05, 3.63) is 77.4 Å². The molecule has 0 spiro atoms. The van der Waals surface area contributed by atoms with Crippen molar-refractivity contribution < 1.29 is 18.7 Å². The lowest BCUT2D eigenvalue weighted by molar-refractivity contribution is 0.0888. The zero-order valence-electron chi connectivity index (χ0n) is 20.5.